The molecule has 4 aromatic rings. The molecule has 4 rings (SSSR count). The molecule has 0 fully saturated rings. The zero-order valence-corrected chi connectivity index (χ0v) is 18.9. The third-order valence-corrected chi connectivity index (χ3v) is 7.18. The number of anilines is 1. The normalized spacial score (nSPS) is 11.6. The summed E-state index contributed by atoms with van der Waals surface area (Å²) in [6.07, 6.45) is 1.46. The number of halogens is 2. The van der Waals surface area contributed by atoms with E-state index in [1.165, 1.54) is 18.3 Å². The summed E-state index contributed by atoms with van der Waals surface area (Å²) in [6, 6.07) is 17.9. The van der Waals surface area contributed by atoms with E-state index in [0.29, 0.717) is 15.4 Å². The molecular weight excluding hydrogens is 483 g/mol. The van der Waals surface area contributed by atoms with Crippen molar-refractivity contribution in [3.8, 4) is 0 Å². The lowest BCUT2D eigenvalue weighted by Gasteiger charge is -2.08. The Morgan fingerprint density at radius 1 is 1.06 bits per heavy atom. The summed E-state index contributed by atoms with van der Waals surface area (Å²) in [6.45, 7) is 1.72. The van der Waals surface area contributed by atoms with E-state index in [1.54, 1.807) is 59.2 Å². The van der Waals surface area contributed by atoms with Crippen LogP contribution in [0.15, 0.2) is 87.2 Å². The van der Waals surface area contributed by atoms with Crippen molar-refractivity contribution in [1.29, 1.82) is 0 Å². The number of hydrogen-bond donors (Lipinski definition) is 1. The highest BCUT2D eigenvalue weighted by Gasteiger charge is 2.24. The Labute approximate surface area is 187 Å². The monoisotopic (exact) mass is 500 g/mol. The molecule has 3 aromatic carbocycles. The molecule has 158 valence electrons. The van der Waals surface area contributed by atoms with Gasteiger partial charge in [-0.1, -0.05) is 51.8 Å². The highest BCUT2D eigenvalue weighted by Crippen LogP contribution is 2.30. The lowest BCUT2D eigenvalue weighted by Crippen LogP contribution is -2.19. The standard InChI is InChI=1S/C23H18BrFN2O3S/c1-15-6-9-17(10-7-15)31(29,30)22-13-27(21-5-3-2-4-18(21)22)14-23(28)26-20-11-8-16(24)12-19(20)25/h2-13H,14H2,1H3,(H,26,28). The van der Waals surface area contributed by atoms with Crippen LogP contribution in [0.2, 0.25) is 0 Å². The van der Waals surface area contributed by atoms with E-state index in [4.69, 9.17) is 0 Å². The van der Waals surface area contributed by atoms with Crippen LogP contribution in [-0.2, 0) is 21.2 Å². The number of carbonyl (C=O) groups excluding carboxylic acids is 1. The predicted octanol–water partition coefficient (Wildman–Crippen LogP) is 5.32. The van der Waals surface area contributed by atoms with Gasteiger partial charge in [0.05, 0.1) is 15.5 Å². The summed E-state index contributed by atoms with van der Waals surface area (Å²) in [5.41, 5.74) is 1.61. The van der Waals surface area contributed by atoms with Gasteiger partial charge in [0.15, 0.2) is 0 Å². The first kappa shape index (κ1) is 21.3. The molecular formula is C23H18BrFN2O3S. The lowest BCUT2D eigenvalue weighted by atomic mass is 10.2. The van der Waals surface area contributed by atoms with E-state index in [0.717, 1.165) is 5.56 Å². The molecule has 0 saturated heterocycles. The van der Waals surface area contributed by atoms with Gasteiger partial charge in [-0.2, -0.15) is 0 Å². The number of fused-ring (bicyclic) bond motifs is 1. The number of nitrogens with zero attached hydrogens (tertiary/aromatic N) is 1. The summed E-state index contributed by atoms with van der Waals surface area (Å²) >= 11 is 3.17. The fourth-order valence-electron chi connectivity index (χ4n) is 3.34. The van der Waals surface area contributed by atoms with Crippen molar-refractivity contribution in [3.63, 3.8) is 0 Å². The number of sulfone groups is 1. The maximum absolute atomic E-state index is 14.0. The summed E-state index contributed by atoms with van der Waals surface area (Å²) < 4.78 is 42.7. The first-order valence-electron chi connectivity index (χ1n) is 9.40. The Bertz CT molecular complexity index is 1400. The average Bonchev–Trinajstić information content (AvgIpc) is 3.10. The molecule has 1 heterocycles. The number of nitrogens with one attached hydrogen (secondary N) is 1. The van der Waals surface area contributed by atoms with Crippen LogP contribution in [0, 0.1) is 12.7 Å². The first-order chi connectivity index (χ1) is 14.8. The molecule has 0 atom stereocenters. The van der Waals surface area contributed by atoms with Crippen LogP contribution in [0.4, 0.5) is 10.1 Å². The minimum atomic E-state index is -3.79. The number of rotatable bonds is 5. The number of benzene rings is 3. The number of para-hydroxylation sites is 1. The maximum atomic E-state index is 14.0. The van der Waals surface area contributed by atoms with Crippen LogP contribution in [0.5, 0.6) is 0 Å². The quantitative estimate of drug-likeness (QED) is 0.403. The number of hydrogen-bond acceptors (Lipinski definition) is 3. The van der Waals surface area contributed by atoms with Gasteiger partial charge in [-0.05, 0) is 43.3 Å². The number of amides is 1. The topological polar surface area (TPSA) is 68.2 Å². The Balaban J connectivity index is 1.70. The zero-order chi connectivity index (χ0) is 22.2. The summed E-state index contributed by atoms with van der Waals surface area (Å²) in [4.78, 5) is 12.9. The second-order valence-corrected chi connectivity index (χ2v) is 9.96. The van der Waals surface area contributed by atoms with E-state index in [-0.39, 0.29) is 22.0 Å². The number of carbonyl (C=O) groups is 1. The van der Waals surface area contributed by atoms with Gasteiger partial charge >= 0.3 is 0 Å². The van der Waals surface area contributed by atoms with Gasteiger partial charge in [-0.3, -0.25) is 4.79 Å². The Kier molecular flexibility index (Phi) is 5.68. The Morgan fingerprint density at radius 2 is 1.77 bits per heavy atom. The van der Waals surface area contributed by atoms with Gasteiger partial charge < -0.3 is 9.88 Å². The molecule has 0 saturated carbocycles. The maximum Gasteiger partial charge on any atom is 0.244 e. The molecule has 1 N–H and O–H groups in total. The minimum absolute atomic E-state index is 0.0529. The van der Waals surface area contributed by atoms with Gasteiger partial charge in [0.1, 0.15) is 12.4 Å². The van der Waals surface area contributed by atoms with Crippen LogP contribution in [0.1, 0.15) is 5.56 Å². The van der Waals surface area contributed by atoms with Crippen molar-refractivity contribution in [2.75, 3.05) is 5.32 Å². The van der Waals surface area contributed by atoms with Gasteiger partial charge in [-0.25, -0.2) is 12.8 Å². The van der Waals surface area contributed by atoms with Gasteiger partial charge in [0, 0.05) is 21.6 Å². The molecule has 0 aliphatic rings. The van der Waals surface area contributed by atoms with E-state index >= 15 is 0 Å². The molecule has 31 heavy (non-hydrogen) atoms. The molecule has 1 aromatic heterocycles. The average molecular weight is 501 g/mol. The van der Waals surface area contributed by atoms with Crippen molar-refractivity contribution in [3.05, 3.63) is 88.8 Å². The summed E-state index contributed by atoms with van der Waals surface area (Å²) in [7, 11) is -3.79. The van der Waals surface area contributed by atoms with Crippen molar-refractivity contribution >= 4 is 48.3 Å². The molecule has 0 aliphatic heterocycles. The van der Waals surface area contributed by atoms with Crippen molar-refractivity contribution in [2.45, 2.75) is 23.3 Å². The van der Waals surface area contributed by atoms with Crippen molar-refractivity contribution in [2.24, 2.45) is 0 Å². The molecule has 0 radical (unpaired) electrons. The number of aryl methyl sites for hydroxylation is 1. The second kappa shape index (κ2) is 8.28. The molecule has 8 heteroatoms. The fraction of sp³-hybridized carbons (Fsp3) is 0.0870. The van der Waals surface area contributed by atoms with Crippen LogP contribution in [-0.4, -0.2) is 18.9 Å². The fourth-order valence-corrected chi connectivity index (χ4v) is 5.15. The third kappa shape index (κ3) is 4.26. The van der Waals surface area contributed by atoms with Crippen LogP contribution in [0.3, 0.4) is 0 Å². The van der Waals surface area contributed by atoms with Gasteiger partial charge in [0.2, 0.25) is 15.7 Å². The lowest BCUT2D eigenvalue weighted by molar-refractivity contribution is -0.116. The first-order valence-corrected chi connectivity index (χ1v) is 11.7. The molecule has 0 spiro atoms. The molecule has 0 aliphatic carbocycles. The van der Waals surface area contributed by atoms with Crippen molar-refractivity contribution in [1.82, 2.24) is 4.57 Å². The second-order valence-electron chi connectivity index (χ2n) is 7.13. The molecule has 0 unspecified atom stereocenters. The van der Waals surface area contributed by atoms with Gasteiger partial charge in [0.25, 0.3) is 0 Å². The van der Waals surface area contributed by atoms with Crippen molar-refractivity contribution < 1.29 is 17.6 Å². The van der Waals surface area contributed by atoms with E-state index < -0.39 is 21.6 Å². The molecule has 0 bridgehead atoms. The van der Waals surface area contributed by atoms with E-state index in [1.807, 2.05) is 6.92 Å². The van der Waals surface area contributed by atoms with Crippen LogP contribution in [0.25, 0.3) is 10.9 Å². The molecule has 1 amide bonds. The SMILES string of the molecule is Cc1ccc(S(=O)(=O)c2cn(CC(=O)Nc3ccc(Br)cc3F)c3ccccc23)cc1. The summed E-state index contributed by atoms with van der Waals surface area (Å²) in [5, 5.41) is 3.05. The Hall–Kier alpha value is -2.97. The number of aromatic nitrogens is 1. The van der Waals surface area contributed by atoms with E-state index in [9.17, 15) is 17.6 Å². The smallest absolute Gasteiger partial charge is 0.244 e. The van der Waals surface area contributed by atoms with Gasteiger partial charge in [-0.15, -0.1) is 0 Å². The van der Waals surface area contributed by atoms with Crippen LogP contribution < -0.4 is 5.32 Å². The zero-order valence-electron chi connectivity index (χ0n) is 16.5. The van der Waals surface area contributed by atoms with Crippen LogP contribution >= 0.6 is 15.9 Å². The Morgan fingerprint density at radius 3 is 2.48 bits per heavy atom. The third-order valence-electron chi connectivity index (χ3n) is 4.89. The predicted molar refractivity (Wildman–Crippen MR) is 121 cm³/mol. The molecule has 5 nitrogen and oxygen atoms in total. The summed E-state index contributed by atoms with van der Waals surface area (Å²) in [5.74, 6) is -1.04. The highest BCUT2D eigenvalue weighted by atomic mass is 79.9. The van der Waals surface area contributed by atoms with E-state index in [2.05, 4.69) is 21.2 Å². The highest BCUT2D eigenvalue weighted by molar-refractivity contribution is 9.10. The largest absolute Gasteiger partial charge is 0.337 e. The minimum Gasteiger partial charge on any atom is -0.337 e.